The van der Waals surface area contributed by atoms with Gasteiger partial charge in [-0.1, -0.05) is 47.8 Å². The van der Waals surface area contributed by atoms with Gasteiger partial charge < -0.3 is 4.90 Å². The van der Waals surface area contributed by atoms with Crippen LogP contribution in [0.1, 0.15) is 5.56 Å². The first-order valence-electron chi connectivity index (χ1n) is 7.99. The molecule has 0 fully saturated rings. The third-order valence-electron chi connectivity index (χ3n) is 4.09. The van der Waals surface area contributed by atoms with Crippen LogP contribution < -0.4 is 15.0 Å². The fraction of sp³-hybridized carbons (Fsp3) is 0.100. The average Bonchev–Trinajstić information content (AvgIpc) is 3.12. The van der Waals surface area contributed by atoms with E-state index in [9.17, 15) is 4.79 Å². The van der Waals surface area contributed by atoms with Gasteiger partial charge in [0.1, 0.15) is 0 Å². The largest absolute Gasteiger partial charge is 0.378 e. The van der Waals surface area contributed by atoms with Gasteiger partial charge in [-0.2, -0.15) is 0 Å². The number of aromatic nitrogens is 2. The van der Waals surface area contributed by atoms with E-state index in [0.717, 1.165) is 27.2 Å². The zero-order valence-electron chi connectivity index (χ0n) is 14.0. The molecule has 4 rings (SSSR count). The number of anilines is 1. The number of imidazole rings is 1. The van der Waals surface area contributed by atoms with E-state index in [0.29, 0.717) is 4.53 Å². The summed E-state index contributed by atoms with van der Waals surface area (Å²) in [6, 6.07) is 16.0. The molecule has 124 valence electrons. The molecule has 4 aromatic rings. The Balaban J connectivity index is 1.69. The number of hydrogen-bond acceptors (Lipinski definition) is 4. The predicted octanol–water partition coefficient (Wildman–Crippen LogP) is 3.19. The first kappa shape index (κ1) is 15.6. The second kappa shape index (κ2) is 6.18. The van der Waals surface area contributed by atoms with Crippen molar-refractivity contribution in [2.75, 3.05) is 19.0 Å². The zero-order chi connectivity index (χ0) is 17.4. The number of fused-ring (bicyclic) bond motifs is 3. The van der Waals surface area contributed by atoms with Crippen LogP contribution >= 0.6 is 11.3 Å². The van der Waals surface area contributed by atoms with Crippen molar-refractivity contribution in [3.8, 4) is 0 Å². The molecule has 2 aromatic carbocycles. The van der Waals surface area contributed by atoms with Crippen molar-refractivity contribution in [2.45, 2.75) is 0 Å². The lowest BCUT2D eigenvalue weighted by Crippen LogP contribution is -2.22. The normalized spacial score (nSPS) is 12.6. The fourth-order valence-electron chi connectivity index (χ4n) is 2.76. The summed E-state index contributed by atoms with van der Waals surface area (Å²) in [6.45, 7) is 0. The summed E-state index contributed by atoms with van der Waals surface area (Å²) in [5, 5.41) is 0. The maximum atomic E-state index is 12.6. The first-order chi connectivity index (χ1) is 12.1. The quantitative estimate of drug-likeness (QED) is 0.571. The highest BCUT2D eigenvalue weighted by Crippen LogP contribution is 2.16. The van der Waals surface area contributed by atoms with Crippen molar-refractivity contribution >= 4 is 45.2 Å². The van der Waals surface area contributed by atoms with Crippen LogP contribution in [0.25, 0.3) is 28.1 Å². The topological polar surface area (TPSA) is 37.6 Å². The molecule has 0 spiro atoms. The van der Waals surface area contributed by atoms with Crippen molar-refractivity contribution in [1.82, 2.24) is 9.38 Å². The molecule has 5 heteroatoms. The maximum absolute atomic E-state index is 12.6. The van der Waals surface area contributed by atoms with Gasteiger partial charge in [-0.15, -0.1) is 0 Å². The summed E-state index contributed by atoms with van der Waals surface area (Å²) in [5.41, 5.74) is 3.97. The molecule has 0 N–H and O–H groups in total. The van der Waals surface area contributed by atoms with Crippen LogP contribution in [0.5, 0.6) is 0 Å². The summed E-state index contributed by atoms with van der Waals surface area (Å²) >= 11 is 1.42. The lowest BCUT2D eigenvalue weighted by atomic mass is 10.2. The number of benzene rings is 2. The average molecular weight is 347 g/mol. The highest BCUT2D eigenvalue weighted by Gasteiger charge is 2.09. The van der Waals surface area contributed by atoms with Gasteiger partial charge >= 0.3 is 0 Å². The highest BCUT2D eigenvalue weighted by molar-refractivity contribution is 7.15. The molecule has 2 heterocycles. The van der Waals surface area contributed by atoms with E-state index < -0.39 is 0 Å². The molecule has 4 nitrogen and oxygen atoms in total. The second-order valence-electron chi connectivity index (χ2n) is 6.00. The lowest BCUT2D eigenvalue weighted by molar-refractivity contribution is 1.13. The lowest BCUT2D eigenvalue weighted by Gasteiger charge is -2.11. The van der Waals surface area contributed by atoms with Crippen molar-refractivity contribution in [2.24, 2.45) is 0 Å². The summed E-state index contributed by atoms with van der Waals surface area (Å²) in [5.74, 6) is 0. The van der Waals surface area contributed by atoms with Gasteiger partial charge in [0.05, 0.1) is 15.6 Å². The second-order valence-corrected chi connectivity index (χ2v) is 7.01. The van der Waals surface area contributed by atoms with Crippen LogP contribution in [0.15, 0.2) is 59.4 Å². The molecule has 0 saturated carbocycles. The standard InChI is InChI=1S/C20H17N3OS/c1-22(2)15-12-10-14(11-13-15)6-5-9-18-19(24)23-17-8-4-3-7-16(17)21-20(23)25-18/h3-13H,1-2H3/b6-5+,18-9-. The van der Waals surface area contributed by atoms with Crippen molar-refractivity contribution in [1.29, 1.82) is 0 Å². The van der Waals surface area contributed by atoms with E-state index >= 15 is 0 Å². The number of hydrogen-bond donors (Lipinski definition) is 0. The Morgan fingerprint density at radius 1 is 1.08 bits per heavy atom. The minimum atomic E-state index is -0.0127. The van der Waals surface area contributed by atoms with E-state index in [1.54, 1.807) is 4.40 Å². The molecule has 0 aliphatic heterocycles. The van der Waals surface area contributed by atoms with Crippen molar-refractivity contribution < 1.29 is 0 Å². The Kier molecular flexibility index (Phi) is 3.86. The van der Waals surface area contributed by atoms with Crippen LogP contribution in [0.3, 0.4) is 0 Å². The minimum absolute atomic E-state index is 0.0127. The Morgan fingerprint density at radius 3 is 2.60 bits per heavy atom. The number of thiazole rings is 1. The summed E-state index contributed by atoms with van der Waals surface area (Å²) in [4.78, 5) is 20.0. The third kappa shape index (κ3) is 2.83. The molecule has 0 atom stereocenters. The van der Waals surface area contributed by atoms with Crippen LogP contribution in [0, 0.1) is 0 Å². The highest BCUT2D eigenvalue weighted by atomic mass is 32.1. The van der Waals surface area contributed by atoms with Crippen LogP contribution in [-0.2, 0) is 0 Å². The third-order valence-corrected chi connectivity index (χ3v) is 5.08. The molecule has 2 aromatic heterocycles. The molecule has 0 bridgehead atoms. The van der Waals surface area contributed by atoms with Gasteiger partial charge in [0.25, 0.3) is 5.56 Å². The van der Waals surface area contributed by atoms with E-state index in [1.807, 2.05) is 56.6 Å². The smallest absolute Gasteiger partial charge is 0.274 e. The van der Waals surface area contributed by atoms with Gasteiger partial charge in [0, 0.05) is 19.8 Å². The Morgan fingerprint density at radius 2 is 1.84 bits per heavy atom. The molecule has 25 heavy (non-hydrogen) atoms. The summed E-state index contributed by atoms with van der Waals surface area (Å²) < 4.78 is 2.38. The van der Waals surface area contributed by atoms with Gasteiger partial charge in [-0.25, -0.2) is 9.38 Å². The van der Waals surface area contributed by atoms with Gasteiger partial charge in [-0.3, -0.25) is 4.79 Å². The van der Waals surface area contributed by atoms with Gasteiger partial charge in [0.15, 0.2) is 4.96 Å². The molecule has 0 aliphatic carbocycles. The zero-order valence-corrected chi connectivity index (χ0v) is 14.8. The summed E-state index contributed by atoms with van der Waals surface area (Å²) in [6.07, 6.45) is 5.77. The van der Waals surface area contributed by atoms with Crippen LogP contribution in [0.2, 0.25) is 0 Å². The first-order valence-corrected chi connectivity index (χ1v) is 8.81. The molecule has 0 aliphatic rings. The number of allylic oxidation sites excluding steroid dienone is 1. The molecule has 0 radical (unpaired) electrons. The molecular formula is C20H17N3OS. The fourth-order valence-corrected chi connectivity index (χ4v) is 3.69. The number of rotatable bonds is 3. The van der Waals surface area contributed by atoms with E-state index in [1.165, 1.54) is 11.3 Å². The van der Waals surface area contributed by atoms with Crippen molar-refractivity contribution in [3.05, 3.63) is 75.1 Å². The Hall–Kier alpha value is -2.92. The SMILES string of the molecule is CN(C)c1ccc(/C=C/C=c2\sc3nc4ccccc4n3c2=O)cc1. The summed E-state index contributed by atoms with van der Waals surface area (Å²) in [7, 11) is 4.04. The van der Waals surface area contributed by atoms with E-state index in [4.69, 9.17) is 0 Å². The van der Waals surface area contributed by atoms with Crippen LogP contribution in [-0.4, -0.2) is 23.5 Å². The number of para-hydroxylation sites is 2. The Bertz CT molecular complexity index is 1180. The van der Waals surface area contributed by atoms with Crippen molar-refractivity contribution in [3.63, 3.8) is 0 Å². The molecular weight excluding hydrogens is 330 g/mol. The van der Waals surface area contributed by atoms with E-state index in [2.05, 4.69) is 34.1 Å². The van der Waals surface area contributed by atoms with Crippen LogP contribution in [0.4, 0.5) is 5.69 Å². The molecule has 0 amide bonds. The predicted molar refractivity (Wildman–Crippen MR) is 106 cm³/mol. The monoisotopic (exact) mass is 347 g/mol. The van der Waals surface area contributed by atoms with Gasteiger partial charge in [0.2, 0.25) is 0 Å². The molecule has 0 saturated heterocycles. The maximum Gasteiger partial charge on any atom is 0.274 e. The van der Waals surface area contributed by atoms with Gasteiger partial charge in [-0.05, 0) is 35.9 Å². The molecule has 0 unspecified atom stereocenters. The number of nitrogens with zero attached hydrogens (tertiary/aromatic N) is 3. The van der Waals surface area contributed by atoms with E-state index in [-0.39, 0.29) is 5.56 Å². The minimum Gasteiger partial charge on any atom is -0.378 e. The Labute approximate surface area is 149 Å².